The Morgan fingerprint density at radius 1 is 1.55 bits per heavy atom. The highest BCUT2D eigenvalue weighted by molar-refractivity contribution is 7.99. The number of thioether (sulfide) groups is 1. The fraction of sp³-hybridized carbons (Fsp3) is 0.533. The number of benzene rings is 1. The van der Waals surface area contributed by atoms with Gasteiger partial charge in [0.15, 0.2) is 0 Å². The summed E-state index contributed by atoms with van der Waals surface area (Å²) < 4.78 is 5.57. The van der Waals surface area contributed by atoms with Gasteiger partial charge in [-0.2, -0.15) is 11.8 Å². The number of hydrogen-bond donors (Lipinski definition) is 2. The number of ether oxygens (including phenoxy) is 1. The predicted octanol–water partition coefficient (Wildman–Crippen LogP) is 3.58. The zero-order chi connectivity index (χ0) is 15.2. The number of amides is 1. The zero-order valence-electron chi connectivity index (χ0n) is 12.7. The summed E-state index contributed by atoms with van der Waals surface area (Å²) in [5.74, 6) is 2.74. The molecule has 1 aromatic rings. The number of carbonyl (C=O) groups is 1. The minimum absolute atomic E-state index is 0. The first kappa shape index (κ1) is 19.4. The average molecular weight is 365 g/mol. The lowest BCUT2D eigenvalue weighted by atomic mass is 10.2. The molecule has 0 aromatic heterocycles. The van der Waals surface area contributed by atoms with E-state index in [1.807, 2.05) is 31.7 Å². The van der Waals surface area contributed by atoms with Gasteiger partial charge in [0, 0.05) is 36.2 Å². The van der Waals surface area contributed by atoms with Gasteiger partial charge in [0.1, 0.15) is 5.75 Å². The van der Waals surface area contributed by atoms with Gasteiger partial charge < -0.3 is 15.4 Å². The van der Waals surface area contributed by atoms with Gasteiger partial charge in [-0.1, -0.05) is 11.6 Å². The maximum atomic E-state index is 12.0. The Bertz CT molecular complexity index is 494. The molecule has 1 fully saturated rings. The molecule has 2 rings (SSSR count). The van der Waals surface area contributed by atoms with Crippen LogP contribution in [0.2, 0.25) is 5.02 Å². The van der Waals surface area contributed by atoms with Gasteiger partial charge >= 0.3 is 0 Å². The van der Waals surface area contributed by atoms with Crippen LogP contribution in [0.5, 0.6) is 5.75 Å². The van der Waals surface area contributed by atoms with E-state index in [-0.39, 0.29) is 30.5 Å². The molecule has 124 valence electrons. The lowest BCUT2D eigenvalue weighted by Crippen LogP contribution is -2.39. The summed E-state index contributed by atoms with van der Waals surface area (Å²) in [6.45, 7) is 4.86. The van der Waals surface area contributed by atoms with Crippen LogP contribution in [0.3, 0.4) is 0 Å². The Balaban J connectivity index is 0.00000242. The lowest BCUT2D eigenvalue weighted by molar-refractivity contribution is -0.116. The van der Waals surface area contributed by atoms with Crippen molar-refractivity contribution < 1.29 is 9.53 Å². The third-order valence-corrected chi connectivity index (χ3v) is 4.43. The van der Waals surface area contributed by atoms with Gasteiger partial charge in [0.05, 0.1) is 11.1 Å². The van der Waals surface area contributed by atoms with Crippen LogP contribution in [0.4, 0.5) is 5.69 Å². The topological polar surface area (TPSA) is 50.4 Å². The van der Waals surface area contributed by atoms with Gasteiger partial charge in [-0.05, 0) is 32.0 Å². The first-order valence-electron chi connectivity index (χ1n) is 7.12. The van der Waals surface area contributed by atoms with E-state index in [2.05, 4.69) is 10.6 Å². The van der Waals surface area contributed by atoms with Crippen LogP contribution in [-0.2, 0) is 4.79 Å². The van der Waals surface area contributed by atoms with Crippen molar-refractivity contribution in [1.29, 1.82) is 0 Å². The molecule has 4 nitrogen and oxygen atoms in total. The Hall–Kier alpha value is -0.620. The summed E-state index contributed by atoms with van der Waals surface area (Å²) in [5.41, 5.74) is 0.699. The highest BCUT2D eigenvalue weighted by atomic mass is 35.5. The minimum Gasteiger partial charge on any atom is -0.489 e. The van der Waals surface area contributed by atoms with E-state index >= 15 is 0 Å². The van der Waals surface area contributed by atoms with Gasteiger partial charge in [0.25, 0.3) is 0 Å². The van der Waals surface area contributed by atoms with Crippen molar-refractivity contribution in [3.63, 3.8) is 0 Å². The fourth-order valence-corrected chi connectivity index (χ4v) is 3.29. The SMILES string of the molecule is CC(C)Oc1ccc(NC(=O)CC2CSCCN2)cc1Cl.Cl. The molecule has 1 heterocycles. The molecular weight excluding hydrogens is 343 g/mol. The molecular formula is C15H22Cl2N2O2S. The number of hydrogen-bond acceptors (Lipinski definition) is 4. The van der Waals surface area contributed by atoms with Crippen LogP contribution >= 0.6 is 35.8 Å². The van der Waals surface area contributed by atoms with Crippen molar-refractivity contribution in [2.24, 2.45) is 0 Å². The van der Waals surface area contributed by atoms with Crippen molar-refractivity contribution in [3.8, 4) is 5.75 Å². The average Bonchev–Trinajstić information content (AvgIpc) is 2.42. The maximum absolute atomic E-state index is 12.0. The van der Waals surface area contributed by atoms with Gasteiger partial charge in [-0.3, -0.25) is 4.79 Å². The standard InChI is InChI=1S/C15H21ClN2O2S.ClH/c1-10(2)20-14-4-3-11(7-13(14)16)18-15(19)8-12-9-21-6-5-17-12;/h3-4,7,10,12,17H,5-6,8-9H2,1-2H3,(H,18,19);1H. The summed E-state index contributed by atoms with van der Waals surface area (Å²) in [5, 5.41) is 6.74. The van der Waals surface area contributed by atoms with Crippen LogP contribution in [0.1, 0.15) is 20.3 Å². The van der Waals surface area contributed by atoms with Crippen LogP contribution in [0.15, 0.2) is 18.2 Å². The van der Waals surface area contributed by atoms with Crippen LogP contribution in [-0.4, -0.2) is 36.1 Å². The van der Waals surface area contributed by atoms with Crippen LogP contribution < -0.4 is 15.4 Å². The maximum Gasteiger partial charge on any atom is 0.225 e. The molecule has 22 heavy (non-hydrogen) atoms. The first-order valence-corrected chi connectivity index (χ1v) is 8.65. The Labute approximate surface area is 147 Å². The summed E-state index contributed by atoms with van der Waals surface area (Å²) in [6.07, 6.45) is 0.548. The molecule has 1 aliphatic heterocycles. The van der Waals surface area contributed by atoms with E-state index in [1.165, 1.54) is 0 Å². The van der Waals surface area contributed by atoms with E-state index in [0.29, 0.717) is 22.9 Å². The third-order valence-electron chi connectivity index (χ3n) is 3.01. The Kier molecular flexibility index (Phi) is 8.39. The van der Waals surface area contributed by atoms with E-state index in [9.17, 15) is 4.79 Å². The molecule has 1 atom stereocenters. The van der Waals surface area contributed by atoms with Crippen molar-refractivity contribution in [2.75, 3.05) is 23.4 Å². The Morgan fingerprint density at radius 2 is 2.32 bits per heavy atom. The second-order valence-electron chi connectivity index (χ2n) is 5.29. The highest BCUT2D eigenvalue weighted by Gasteiger charge is 2.17. The number of rotatable bonds is 5. The molecule has 0 radical (unpaired) electrons. The molecule has 1 aliphatic rings. The van der Waals surface area contributed by atoms with Crippen LogP contribution in [0.25, 0.3) is 0 Å². The summed E-state index contributed by atoms with van der Waals surface area (Å²) in [7, 11) is 0. The van der Waals surface area contributed by atoms with Crippen molar-refractivity contribution in [3.05, 3.63) is 23.2 Å². The predicted molar refractivity (Wildman–Crippen MR) is 96.8 cm³/mol. The van der Waals surface area contributed by atoms with Crippen LogP contribution in [0, 0.1) is 0 Å². The van der Waals surface area contributed by atoms with Gasteiger partial charge in [-0.15, -0.1) is 12.4 Å². The molecule has 1 amide bonds. The quantitative estimate of drug-likeness (QED) is 0.838. The Morgan fingerprint density at radius 3 is 2.91 bits per heavy atom. The second kappa shape index (κ2) is 9.50. The van der Waals surface area contributed by atoms with E-state index in [1.54, 1.807) is 12.1 Å². The monoisotopic (exact) mass is 364 g/mol. The van der Waals surface area contributed by atoms with Crippen molar-refractivity contribution >= 4 is 47.4 Å². The van der Waals surface area contributed by atoms with Gasteiger partial charge in [-0.25, -0.2) is 0 Å². The molecule has 1 saturated heterocycles. The third kappa shape index (κ3) is 6.24. The summed E-state index contributed by atoms with van der Waals surface area (Å²) >= 11 is 8.04. The molecule has 0 aliphatic carbocycles. The molecule has 0 saturated carbocycles. The number of halogens is 2. The van der Waals surface area contributed by atoms with Crippen molar-refractivity contribution in [1.82, 2.24) is 5.32 Å². The fourth-order valence-electron chi connectivity index (χ4n) is 2.11. The summed E-state index contributed by atoms with van der Waals surface area (Å²) in [4.78, 5) is 12.0. The smallest absolute Gasteiger partial charge is 0.225 e. The molecule has 1 aromatic carbocycles. The minimum atomic E-state index is 0. The largest absolute Gasteiger partial charge is 0.489 e. The number of nitrogens with one attached hydrogen (secondary N) is 2. The molecule has 0 bridgehead atoms. The molecule has 1 unspecified atom stereocenters. The molecule has 7 heteroatoms. The number of carbonyl (C=O) groups excluding carboxylic acids is 1. The lowest BCUT2D eigenvalue weighted by Gasteiger charge is -2.22. The number of anilines is 1. The molecule has 0 spiro atoms. The highest BCUT2D eigenvalue weighted by Crippen LogP contribution is 2.28. The first-order chi connectivity index (χ1) is 10.0. The zero-order valence-corrected chi connectivity index (χ0v) is 15.1. The van der Waals surface area contributed by atoms with Crippen molar-refractivity contribution in [2.45, 2.75) is 32.4 Å². The normalized spacial score (nSPS) is 17.7. The summed E-state index contributed by atoms with van der Waals surface area (Å²) in [6, 6.07) is 5.57. The van der Waals surface area contributed by atoms with Gasteiger partial charge in [0.2, 0.25) is 5.91 Å². The molecule has 2 N–H and O–H groups in total. The van der Waals surface area contributed by atoms with E-state index in [0.717, 1.165) is 18.1 Å². The van der Waals surface area contributed by atoms with E-state index < -0.39 is 0 Å². The van der Waals surface area contributed by atoms with E-state index in [4.69, 9.17) is 16.3 Å². The second-order valence-corrected chi connectivity index (χ2v) is 6.85.